The Morgan fingerprint density at radius 2 is 1.70 bits per heavy atom. The highest BCUT2D eigenvalue weighted by Crippen LogP contribution is 2.33. The molecule has 2 aromatic rings. The molecule has 0 saturated carbocycles. The average Bonchev–Trinajstić information content (AvgIpc) is 2.36. The topological polar surface area (TPSA) is 29.5 Å². The number of halogens is 1. The van der Waals surface area contributed by atoms with E-state index in [0.29, 0.717) is 12.4 Å². The van der Waals surface area contributed by atoms with Crippen LogP contribution in [0.5, 0.6) is 11.5 Å². The molecule has 2 rings (SSSR count). The Kier molecular flexibility index (Phi) is 4.39. The molecule has 0 aliphatic carbocycles. The highest BCUT2D eigenvalue weighted by Gasteiger charge is 2.18. The molecule has 0 spiro atoms. The van der Waals surface area contributed by atoms with Crippen molar-refractivity contribution >= 4 is 15.9 Å². The van der Waals surface area contributed by atoms with Crippen LogP contribution in [-0.4, -0.2) is 5.11 Å². The monoisotopic (exact) mass is 334 g/mol. The van der Waals surface area contributed by atoms with Crippen LogP contribution >= 0.6 is 15.9 Å². The Bertz CT molecular complexity index is 583. The standard InChI is InChI=1S/C17H19BrO2/c1-17(2,3)15-9-8-14(10-16(15)19)20-11-12-4-6-13(18)7-5-12/h4-10,19H,11H2,1-3H3. The molecular weight excluding hydrogens is 316 g/mol. The lowest BCUT2D eigenvalue weighted by atomic mass is 9.86. The summed E-state index contributed by atoms with van der Waals surface area (Å²) >= 11 is 3.40. The highest BCUT2D eigenvalue weighted by atomic mass is 79.9. The number of aromatic hydroxyl groups is 1. The normalized spacial score (nSPS) is 11.4. The maximum atomic E-state index is 10.1. The molecule has 0 amide bonds. The number of hydrogen-bond acceptors (Lipinski definition) is 2. The Hall–Kier alpha value is -1.48. The minimum absolute atomic E-state index is 0.0751. The smallest absolute Gasteiger partial charge is 0.123 e. The Morgan fingerprint density at radius 1 is 1.05 bits per heavy atom. The molecule has 0 saturated heterocycles. The SMILES string of the molecule is CC(C)(C)c1ccc(OCc2ccc(Br)cc2)cc1O. The van der Waals surface area contributed by atoms with Crippen LogP contribution in [0.25, 0.3) is 0 Å². The van der Waals surface area contributed by atoms with Gasteiger partial charge in [-0.05, 0) is 34.7 Å². The first kappa shape index (κ1) is 14.9. The zero-order chi connectivity index (χ0) is 14.8. The van der Waals surface area contributed by atoms with E-state index >= 15 is 0 Å². The van der Waals surface area contributed by atoms with Crippen molar-refractivity contribution < 1.29 is 9.84 Å². The van der Waals surface area contributed by atoms with Gasteiger partial charge < -0.3 is 9.84 Å². The Morgan fingerprint density at radius 3 is 2.25 bits per heavy atom. The molecule has 0 atom stereocenters. The van der Waals surface area contributed by atoms with E-state index in [1.165, 1.54) is 0 Å². The third-order valence-corrected chi connectivity index (χ3v) is 3.62. The molecule has 0 radical (unpaired) electrons. The fourth-order valence-corrected chi connectivity index (χ4v) is 2.25. The van der Waals surface area contributed by atoms with Gasteiger partial charge in [-0.2, -0.15) is 0 Å². The second kappa shape index (κ2) is 5.88. The van der Waals surface area contributed by atoms with Gasteiger partial charge in [0, 0.05) is 10.5 Å². The van der Waals surface area contributed by atoms with Crippen molar-refractivity contribution in [1.82, 2.24) is 0 Å². The van der Waals surface area contributed by atoms with Crippen LogP contribution in [0.3, 0.4) is 0 Å². The van der Waals surface area contributed by atoms with E-state index in [0.717, 1.165) is 15.6 Å². The number of phenolic OH excluding ortho intramolecular Hbond substituents is 1. The lowest BCUT2D eigenvalue weighted by molar-refractivity contribution is 0.303. The molecule has 106 valence electrons. The van der Waals surface area contributed by atoms with Crippen molar-refractivity contribution in [3.63, 3.8) is 0 Å². The van der Waals surface area contributed by atoms with E-state index < -0.39 is 0 Å². The molecule has 0 aliphatic heterocycles. The van der Waals surface area contributed by atoms with Crippen LogP contribution in [0.2, 0.25) is 0 Å². The average molecular weight is 335 g/mol. The van der Waals surface area contributed by atoms with E-state index in [-0.39, 0.29) is 11.2 Å². The summed E-state index contributed by atoms with van der Waals surface area (Å²) in [4.78, 5) is 0. The van der Waals surface area contributed by atoms with Gasteiger partial charge in [0.15, 0.2) is 0 Å². The molecule has 2 nitrogen and oxygen atoms in total. The molecule has 1 N–H and O–H groups in total. The number of hydrogen-bond donors (Lipinski definition) is 1. The molecule has 20 heavy (non-hydrogen) atoms. The van der Waals surface area contributed by atoms with Crippen molar-refractivity contribution in [2.45, 2.75) is 32.8 Å². The maximum Gasteiger partial charge on any atom is 0.123 e. The van der Waals surface area contributed by atoms with Gasteiger partial charge in [-0.1, -0.05) is 54.9 Å². The molecule has 3 heteroatoms. The van der Waals surface area contributed by atoms with Crippen LogP contribution in [-0.2, 0) is 12.0 Å². The highest BCUT2D eigenvalue weighted by molar-refractivity contribution is 9.10. The third kappa shape index (κ3) is 3.76. The van der Waals surface area contributed by atoms with E-state index in [1.54, 1.807) is 6.07 Å². The maximum absolute atomic E-state index is 10.1. The van der Waals surface area contributed by atoms with Gasteiger partial charge in [0.25, 0.3) is 0 Å². The molecular formula is C17H19BrO2. The summed E-state index contributed by atoms with van der Waals surface area (Å²) in [5, 5.41) is 10.1. The van der Waals surface area contributed by atoms with Gasteiger partial charge >= 0.3 is 0 Å². The zero-order valence-corrected chi connectivity index (χ0v) is 13.6. The fraction of sp³-hybridized carbons (Fsp3) is 0.294. The largest absolute Gasteiger partial charge is 0.508 e. The number of rotatable bonds is 3. The lowest BCUT2D eigenvalue weighted by Gasteiger charge is -2.20. The van der Waals surface area contributed by atoms with E-state index in [1.807, 2.05) is 36.4 Å². The second-order valence-corrected chi connectivity index (χ2v) is 6.76. The number of ether oxygens (including phenoxy) is 1. The predicted molar refractivity (Wildman–Crippen MR) is 85.3 cm³/mol. The minimum atomic E-state index is -0.0751. The van der Waals surface area contributed by atoms with E-state index in [4.69, 9.17) is 4.74 Å². The number of benzene rings is 2. The van der Waals surface area contributed by atoms with Crippen LogP contribution < -0.4 is 4.74 Å². The predicted octanol–water partition coefficient (Wildman–Crippen LogP) is 5.03. The van der Waals surface area contributed by atoms with Gasteiger partial charge in [-0.15, -0.1) is 0 Å². The van der Waals surface area contributed by atoms with Crippen molar-refractivity contribution in [1.29, 1.82) is 0 Å². The van der Waals surface area contributed by atoms with Crippen molar-refractivity contribution in [2.75, 3.05) is 0 Å². The van der Waals surface area contributed by atoms with Crippen LogP contribution in [0.15, 0.2) is 46.9 Å². The van der Waals surface area contributed by atoms with Gasteiger partial charge in [0.1, 0.15) is 18.1 Å². The van der Waals surface area contributed by atoms with Gasteiger partial charge in [0.05, 0.1) is 0 Å². The van der Waals surface area contributed by atoms with Crippen molar-refractivity contribution in [3.8, 4) is 11.5 Å². The van der Waals surface area contributed by atoms with Crippen molar-refractivity contribution in [2.24, 2.45) is 0 Å². The second-order valence-electron chi connectivity index (χ2n) is 5.84. The van der Waals surface area contributed by atoms with Gasteiger partial charge in [0.2, 0.25) is 0 Å². The van der Waals surface area contributed by atoms with E-state index in [9.17, 15) is 5.11 Å². The first-order chi connectivity index (χ1) is 9.36. The Balaban J connectivity index is 2.07. The molecule has 0 aliphatic rings. The molecule has 2 aromatic carbocycles. The summed E-state index contributed by atoms with van der Waals surface area (Å²) in [6.07, 6.45) is 0. The molecule has 0 heterocycles. The molecule has 0 fully saturated rings. The number of phenols is 1. The minimum Gasteiger partial charge on any atom is -0.508 e. The van der Waals surface area contributed by atoms with Crippen LogP contribution in [0.1, 0.15) is 31.9 Å². The zero-order valence-electron chi connectivity index (χ0n) is 12.0. The Labute approximate surface area is 128 Å². The summed E-state index contributed by atoms with van der Waals surface area (Å²) < 4.78 is 6.75. The van der Waals surface area contributed by atoms with Gasteiger partial charge in [-0.25, -0.2) is 0 Å². The first-order valence-electron chi connectivity index (χ1n) is 6.57. The summed E-state index contributed by atoms with van der Waals surface area (Å²) in [7, 11) is 0. The molecule has 0 bridgehead atoms. The summed E-state index contributed by atoms with van der Waals surface area (Å²) in [6, 6.07) is 13.5. The first-order valence-corrected chi connectivity index (χ1v) is 7.36. The molecule has 0 aromatic heterocycles. The fourth-order valence-electron chi connectivity index (χ4n) is 1.98. The third-order valence-electron chi connectivity index (χ3n) is 3.10. The summed E-state index contributed by atoms with van der Waals surface area (Å²) in [5.74, 6) is 0.962. The summed E-state index contributed by atoms with van der Waals surface area (Å²) in [5.41, 5.74) is 1.94. The van der Waals surface area contributed by atoms with Crippen LogP contribution in [0, 0.1) is 0 Å². The van der Waals surface area contributed by atoms with Crippen LogP contribution in [0.4, 0.5) is 0 Å². The van der Waals surface area contributed by atoms with Crippen molar-refractivity contribution in [3.05, 3.63) is 58.1 Å². The summed E-state index contributed by atoms with van der Waals surface area (Å²) in [6.45, 7) is 6.71. The van der Waals surface area contributed by atoms with E-state index in [2.05, 4.69) is 36.7 Å². The molecule has 0 unspecified atom stereocenters. The van der Waals surface area contributed by atoms with Gasteiger partial charge in [-0.3, -0.25) is 0 Å². The lowest BCUT2D eigenvalue weighted by Crippen LogP contribution is -2.11. The quantitative estimate of drug-likeness (QED) is 0.852.